The molecule has 0 saturated heterocycles. The highest BCUT2D eigenvalue weighted by Gasteiger charge is 2.25. The second-order valence-electron chi connectivity index (χ2n) is 6.00. The first-order valence-electron chi connectivity index (χ1n) is 8.43. The van der Waals surface area contributed by atoms with E-state index in [9.17, 15) is 4.79 Å². The Labute approximate surface area is 149 Å². The van der Waals surface area contributed by atoms with E-state index < -0.39 is 0 Å². The van der Waals surface area contributed by atoms with Crippen molar-refractivity contribution in [3.63, 3.8) is 0 Å². The number of rotatable bonds is 4. The highest BCUT2D eigenvalue weighted by atomic mass is 32.1. The molecule has 3 aromatic heterocycles. The molecule has 4 rings (SSSR count). The van der Waals surface area contributed by atoms with Gasteiger partial charge in [0.25, 0.3) is 0 Å². The number of pyridine rings is 1. The maximum absolute atomic E-state index is 12.0. The number of carbonyl (C=O) groups is 1. The monoisotopic (exact) mass is 353 g/mol. The Balaban J connectivity index is 1.64. The van der Waals surface area contributed by atoms with Crippen molar-refractivity contribution in [2.45, 2.75) is 32.9 Å². The number of aromatic nitrogens is 3. The zero-order valence-electron chi connectivity index (χ0n) is 14.0. The van der Waals surface area contributed by atoms with Crippen molar-refractivity contribution in [1.29, 1.82) is 0 Å². The van der Waals surface area contributed by atoms with Gasteiger partial charge in [-0.05, 0) is 24.1 Å². The van der Waals surface area contributed by atoms with E-state index in [-0.39, 0.29) is 5.91 Å². The minimum atomic E-state index is 0.211. The van der Waals surface area contributed by atoms with Gasteiger partial charge in [0.05, 0.1) is 24.2 Å². The van der Waals surface area contributed by atoms with Crippen molar-refractivity contribution in [2.24, 2.45) is 0 Å². The molecule has 25 heavy (non-hydrogen) atoms. The fourth-order valence-electron chi connectivity index (χ4n) is 3.18. The lowest BCUT2D eigenvalue weighted by molar-refractivity contribution is -0.131. The van der Waals surface area contributed by atoms with E-state index in [2.05, 4.69) is 20.3 Å². The summed E-state index contributed by atoms with van der Waals surface area (Å²) in [4.78, 5) is 29.4. The Morgan fingerprint density at radius 2 is 2.24 bits per heavy atom. The molecule has 1 N–H and O–H groups in total. The molecule has 0 aromatic carbocycles. The molecule has 4 heterocycles. The Hall–Kier alpha value is -2.54. The summed E-state index contributed by atoms with van der Waals surface area (Å²) in [7, 11) is 0. The third-order valence-corrected chi connectivity index (χ3v) is 5.58. The first kappa shape index (κ1) is 16.0. The normalized spacial score (nSPS) is 13.7. The molecular weight excluding hydrogens is 334 g/mol. The summed E-state index contributed by atoms with van der Waals surface area (Å²) >= 11 is 1.67. The second-order valence-corrected chi connectivity index (χ2v) is 7.08. The molecule has 0 radical (unpaired) electrons. The summed E-state index contributed by atoms with van der Waals surface area (Å²) in [6.07, 6.45) is 4.79. The minimum absolute atomic E-state index is 0.211. The van der Waals surface area contributed by atoms with Gasteiger partial charge in [-0.2, -0.15) is 0 Å². The zero-order chi connectivity index (χ0) is 17.2. The third kappa shape index (κ3) is 3.07. The molecule has 7 heteroatoms. The number of nitrogens with one attached hydrogen (secondary N) is 1. The number of nitrogens with zero attached hydrogens (tertiary/aromatic N) is 4. The fourth-order valence-corrected chi connectivity index (χ4v) is 4.38. The standard InChI is InChI=1S/C18H19N5OS/c1-2-15(24)23-8-6-13-14(10-23)25-18-16(13)17(21-11-22-18)20-9-12-5-3-4-7-19-12/h3-5,7,11H,2,6,8-10H2,1H3,(H,20,21,22). The summed E-state index contributed by atoms with van der Waals surface area (Å²) in [5.74, 6) is 1.06. The van der Waals surface area contributed by atoms with Crippen LogP contribution in [-0.4, -0.2) is 32.3 Å². The van der Waals surface area contributed by atoms with Crippen molar-refractivity contribution in [1.82, 2.24) is 19.9 Å². The predicted octanol–water partition coefficient (Wildman–Crippen LogP) is 2.99. The van der Waals surface area contributed by atoms with Crippen LogP contribution in [0.4, 0.5) is 5.82 Å². The quantitative estimate of drug-likeness (QED) is 0.781. The van der Waals surface area contributed by atoms with E-state index in [1.165, 1.54) is 10.4 Å². The van der Waals surface area contributed by atoms with Crippen molar-refractivity contribution >= 4 is 33.3 Å². The minimum Gasteiger partial charge on any atom is -0.364 e. The zero-order valence-corrected chi connectivity index (χ0v) is 14.8. The van der Waals surface area contributed by atoms with Crippen LogP contribution >= 0.6 is 11.3 Å². The maximum Gasteiger partial charge on any atom is 0.222 e. The first-order valence-corrected chi connectivity index (χ1v) is 9.24. The highest BCUT2D eigenvalue weighted by Crippen LogP contribution is 2.37. The molecule has 1 amide bonds. The lowest BCUT2D eigenvalue weighted by atomic mass is 10.0. The molecule has 0 atom stereocenters. The fraction of sp³-hybridized carbons (Fsp3) is 0.333. The molecule has 0 saturated carbocycles. The van der Waals surface area contributed by atoms with E-state index >= 15 is 0 Å². The van der Waals surface area contributed by atoms with Crippen molar-refractivity contribution in [3.8, 4) is 0 Å². The van der Waals surface area contributed by atoms with Gasteiger partial charge in [0.2, 0.25) is 5.91 Å². The van der Waals surface area contributed by atoms with Crippen molar-refractivity contribution in [3.05, 3.63) is 46.9 Å². The van der Waals surface area contributed by atoms with Crippen LogP contribution in [0.5, 0.6) is 0 Å². The lowest BCUT2D eigenvalue weighted by Gasteiger charge is -2.26. The lowest BCUT2D eigenvalue weighted by Crippen LogP contribution is -2.34. The van der Waals surface area contributed by atoms with Gasteiger partial charge in [0.15, 0.2) is 0 Å². The molecule has 1 aliphatic rings. The maximum atomic E-state index is 12.0. The topological polar surface area (TPSA) is 71.0 Å². The van der Waals surface area contributed by atoms with Crippen LogP contribution in [0.3, 0.4) is 0 Å². The smallest absolute Gasteiger partial charge is 0.222 e. The van der Waals surface area contributed by atoms with Gasteiger partial charge in [-0.1, -0.05) is 13.0 Å². The molecule has 0 spiro atoms. The summed E-state index contributed by atoms with van der Waals surface area (Å²) in [6, 6.07) is 5.87. The predicted molar refractivity (Wildman–Crippen MR) is 98.4 cm³/mol. The van der Waals surface area contributed by atoms with E-state index in [4.69, 9.17) is 0 Å². The molecule has 0 unspecified atom stereocenters. The van der Waals surface area contributed by atoms with Gasteiger partial charge in [0.1, 0.15) is 17.0 Å². The van der Waals surface area contributed by atoms with E-state index in [1.807, 2.05) is 30.0 Å². The number of anilines is 1. The van der Waals surface area contributed by atoms with Crippen LogP contribution < -0.4 is 5.32 Å². The Bertz CT molecular complexity index is 908. The van der Waals surface area contributed by atoms with E-state index in [0.717, 1.165) is 34.7 Å². The summed E-state index contributed by atoms with van der Waals surface area (Å²) in [6.45, 7) is 3.98. The Morgan fingerprint density at radius 3 is 3.04 bits per heavy atom. The average Bonchev–Trinajstić information content (AvgIpc) is 3.04. The van der Waals surface area contributed by atoms with E-state index in [1.54, 1.807) is 23.9 Å². The van der Waals surface area contributed by atoms with Crippen molar-refractivity contribution < 1.29 is 4.79 Å². The molecule has 3 aromatic rings. The van der Waals surface area contributed by atoms with Gasteiger partial charge in [0, 0.05) is 24.0 Å². The number of hydrogen-bond acceptors (Lipinski definition) is 6. The van der Waals surface area contributed by atoms with Crippen LogP contribution in [0, 0.1) is 0 Å². The number of hydrogen-bond donors (Lipinski definition) is 1. The molecule has 0 aliphatic carbocycles. The SMILES string of the molecule is CCC(=O)N1CCc2c(sc3ncnc(NCc4ccccn4)c23)C1. The highest BCUT2D eigenvalue weighted by molar-refractivity contribution is 7.19. The molecule has 128 valence electrons. The number of amides is 1. The van der Waals surface area contributed by atoms with Gasteiger partial charge in [-0.25, -0.2) is 9.97 Å². The van der Waals surface area contributed by atoms with Crippen LogP contribution in [0.15, 0.2) is 30.7 Å². The third-order valence-electron chi connectivity index (χ3n) is 4.46. The summed E-state index contributed by atoms with van der Waals surface area (Å²) in [5.41, 5.74) is 2.25. The second kappa shape index (κ2) is 6.76. The van der Waals surface area contributed by atoms with Crippen molar-refractivity contribution in [2.75, 3.05) is 11.9 Å². The molecule has 0 fully saturated rings. The number of fused-ring (bicyclic) bond motifs is 3. The number of carbonyl (C=O) groups excluding carboxylic acids is 1. The van der Waals surface area contributed by atoms with Gasteiger partial charge >= 0.3 is 0 Å². The van der Waals surface area contributed by atoms with Crippen LogP contribution in [0.1, 0.15) is 29.5 Å². The largest absolute Gasteiger partial charge is 0.364 e. The first-order chi connectivity index (χ1) is 12.3. The molecule has 6 nitrogen and oxygen atoms in total. The molecular formula is C18H19N5OS. The average molecular weight is 353 g/mol. The molecule has 0 bridgehead atoms. The Kier molecular flexibility index (Phi) is 4.31. The number of thiophene rings is 1. The Morgan fingerprint density at radius 1 is 1.32 bits per heavy atom. The molecule has 1 aliphatic heterocycles. The van der Waals surface area contributed by atoms with Crippen LogP contribution in [0.25, 0.3) is 10.2 Å². The van der Waals surface area contributed by atoms with Gasteiger partial charge in [-0.15, -0.1) is 11.3 Å². The van der Waals surface area contributed by atoms with Gasteiger partial charge in [-0.3, -0.25) is 9.78 Å². The van der Waals surface area contributed by atoms with Crippen LogP contribution in [-0.2, 0) is 24.3 Å². The van der Waals surface area contributed by atoms with Crippen LogP contribution in [0.2, 0.25) is 0 Å². The summed E-state index contributed by atoms with van der Waals surface area (Å²) in [5, 5.41) is 4.50. The summed E-state index contributed by atoms with van der Waals surface area (Å²) < 4.78 is 0. The van der Waals surface area contributed by atoms with Gasteiger partial charge < -0.3 is 10.2 Å². The van der Waals surface area contributed by atoms with E-state index in [0.29, 0.717) is 19.5 Å².